The van der Waals surface area contributed by atoms with Crippen LogP contribution < -0.4 is 24.8 Å². The normalized spacial score (nSPS) is 18.5. The van der Waals surface area contributed by atoms with Crippen LogP contribution in [0.2, 0.25) is 0 Å². The fourth-order valence-electron chi connectivity index (χ4n) is 3.90. The Labute approximate surface area is 191 Å². The van der Waals surface area contributed by atoms with Crippen LogP contribution in [-0.4, -0.2) is 58.5 Å². The minimum absolute atomic E-state index is 0.0352. The number of sulfonamides is 1. The molecule has 0 aliphatic carbocycles. The fraction of sp³-hybridized carbons (Fsp3) is 0.364. The Morgan fingerprint density at radius 1 is 1.15 bits per heavy atom. The molecule has 0 radical (unpaired) electrons. The number of amides is 2. The molecule has 1 saturated heterocycles. The summed E-state index contributed by atoms with van der Waals surface area (Å²) in [5.74, 6) is 0.306. The second kappa shape index (κ2) is 9.28. The number of nitrogens with one attached hydrogen (secondary N) is 2. The van der Waals surface area contributed by atoms with E-state index < -0.39 is 15.9 Å². The summed E-state index contributed by atoms with van der Waals surface area (Å²) in [6.07, 6.45) is 1.12. The molecule has 0 unspecified atom stereocenters. The molecule has 2 aromatic rings. The average molecular weight is 476 g/mol. The quantitative estimate of drug-likeness (QED) is 0.656. The van der Waals surface area contributed by atoms with Crippen molar-refractivity contribution in [3.05, 3.63) is 36.4 Å². The highest BCUT2D eigenvalue weighted by atomic mass is 32.2. The van der Waals surface area contributed by atoms with Crippen molar-refractivity contribution in [2.24, 2.45) is 5.92 Å². The maximum atomic E-state index is 13.2. The number of hydrogen-bond donors (Lipinski definition) is 2. The van der Waals surface area contributed by atoms with Crippen molar-refractivity contribution in [1.29, 1.82) is 0 Å². The first-order valence-electron chi connectivity index (χ1n) is 10.4. The summed E-state index contributed by atoms with van der Waals surface area (Å²) in [5.41, 5.74) is 0.843. The maximum absolute atomic E-state index is 13.2. The number of ether oxygens (including phenoxy) is 3. The first kappa shape index (κ1) is 22.9. The summed E-state index contributed by atoms with van der Waals surface area (Å²) in [4.78, 5) is 24.5. The molecule has 1 atom stereocenters. The number of piperidine rings is 1. The Kier molecular flexibility index (Phi) is 6.43. The monoisotopic (exact) mass is 475 g/mol. The van der Waals surface area contributed by atoms with Gasteiger partial charge in [0.05, 0.1) is 30.7 Å². The lowest BCUT2D eigenvalue weighted by atomic mass is 9.98. The van der Waals surface area contributed by atoms with Crippen molar-refractivity contribution in [3.63, 3.8) is 0 Å². The molecule has 33 heavy (non-hydrogen) atoms. The molecule has 2 aliphatic heterocycles. The van der Waals surface area contributed by atoms with E-state index in [1.165, 1.54) is 36.7 Å². The molecule has 4 rings (SSSR count). The summed E-state index contributed by atoms with van der Waals surface area (Å²) < 4.78 is 43.6. The number of methoxy groups -OCH3 is 2. The summed E-state index contributed by atoms with van der Waals surface area (Å²) in [6.45, 7) is 0.256. The van der Waals surface area contributed by atoms with Crippen LogP contribution in [0.15, 0.2) is 41.3 Å². The molecule has 0 bridgehead atoms. The molecule has 11 heteroatoms. The van der Waals surface area contributed by atoms with Crippen molar-refractivity contribution in [2.75, 3.05) is 44.5 Å². The van der Waals surface area contributed by atoms with E-state index in [1.807, 2.05) is 0 Å². The van der Waals surface area contributed by atoms with Gasteiger partial charge in [0.1, 0.15) is 5.75 Å². The lowest BCUT2D eigenvalue weighted by molar-refractivity contribution is -0.121. The topological polar surface area (TPSA) is 123 Å². The number of rotatable bonds is 6. The molecular weight excluding hydrogens is 450 g/mol. The van der Waals surface area contributed by atoms with Crippen LogP contribution in [0.25, 0.3) is 0 Å². The highest BCUT2D eigenvalue weighted by molar-refractivity contribution is 7.89. The van der Waals surface area contributed by atoms with Crippen molar-refractivity contribution in [1.82, 2.24) is 4.31 Å². The number of fused-ring (bicyclic) bond motifs is 1. The lowest BCUT2D eigenvalue weighted by Crippen LogP contribution is -2.43. The van der Waals surface area contributed by atoms with E-state index in [1.54, 1.807) is 18.2 Å². The Morgan fingerprint density at radius 3 is 2.70 bits per heavy atom. The van der Waals surface area contributed by atoms with Gasteiger partial charge >= 0.3 is 0 Å². The molecule has 176 valence electrons. The van der Waals surface area contributed by atoms with Crippen molar-refractivity contribution >= 4 is 33.2 Å². The molecule has 0 spiro atoms. The fourth-order valence-corrected chi connectivity index (χ4v) is 5.46. The smallest absolute Gasteiger partial charge is 0.262 e. The number of nitrogens with zero attached hydrogens (tertiary/aromatic N) is 1. The van der Waals surface area contributed by atoms with Crippen LogP contribution in [0.3, 0.4) is 0 Å². The van der Waals surface area contributed by atoms with Crippen molar-refractivity contribution in [3.8, 4) is 17.2 Å². The molecule has 2 amide bonds. The molecule has 0 saturated carbocycles. The molecule has 2 heterocycles. The Hall–Kier alpha value is -3.31. The standard InChI is InChI=1S/C22H25N3O7S/c1-30-19-7-5-15(10-20(19)31-2)23-22(27)14-4-3-9-25(12-14)33(28,29)16-6-8-18-17(11-16)24-21(26)13-32-18/h5-8,10-11,14H,3-4,9,12-13H2,1-2H3,(H,23,27)(H,24,26)/t14-/m0/s1. The number of hydrogen-bond acceptors (Lipinski definition) is 7. The highest BCUT2D eigenvalue weighted by Crippen LogP contribution is 2.33. The Bertz CT molecular complexity index is 1180. The van der Waals surface area contributed by atoms with E-state index in [4.69, 9.17) is 14.2 Å². The summed E-state index contributed by atoms with van der Waals surface area (Å²) in [7, 11) is -0.832. The SMILES string of the molecule is COc1ccc(NC(=O)[C@H]2CCCN(S(=O)(=O)c3ccc4c(c3)NC(=O)CO4)C2)cc1OC. The highest BCUT2D eigenvalue weighted by Gasteiger charge is 2.34. The van der Waals surface area contributed by atoms with E-state index in [9.17, 15) is 18.0 Å². The maximum Gasteiger partial charge on any atom is 0.262 e. The van der Waals surface area contributed by atoms with Gasteiger partial charge in [0.15, 0.2) is 18.1 Å². The van der Waals surface area contributed by atoms with Gasteiger partial charge in [-0.05, 0) is 43.2 Å². The van der Waals surface area contributed by atoms with E-state index in [-0.39, 0.29) is 29.9 Å². The first-order chi connectivity index (χ1) is 15.8. The number of benzene rings is 2. The van der Waals surface area contributed by atoms with Crippen LogP contribution in [0.4, 0.5) is 11.4 Å². The van der Waals surface area contributed by atoms with Crippen LogP contribution >= 0.6 is 0 Å². The van der Waals surface area contributed by atoms with Gasteiger partial charge in [-0.3, -0.25) is 9.59 Å². The summed E-state index contributed by atoms with van der Waals surface area (Å²) in [6, 6.07) is 9.38. The van der Waals surface area contributed by atoms with Gasteiger partial charge in [-0.15, -0.1) is 0 Å². The zero-order valence-electron chi connectivity index (χ0n) is 18.3. The van der Waals surface area contributed by atoms with E-state index >= 15 is 0 Å². The second-order valence-corrected chi connectivity index (χ2v) is 9.69. The largest absolute Gasteiger partial charge is 0.493 e. The number of carbonyl (C=O) groups is 2. The Balaban J connectivity index is 1.48. The zero-order chi connectivity index (χ0) is 23.6. The Morgan fingerprint density at radius 2 is 1.94 bits per heavy atom. The third-order valence-corrected chi connectivity index (χ3v) is 7.49. The van der Waals surface area contributed by atoms with Crippen molar-refractivity contribution in [2.45, 2.75) is 17.7 Å². The van der Waals surface area contributed by atoms with Crippen LogP contribution in [0.1, 0.15) is 12.8 Å². The van der Waals surface area contributed by atoms with Crippen LogP contribution in [-0.2, 0) is 19.6 Å². The molecule has 1 fully saturated rings. The van der Waals surface area contributed by atoms with Crippen LogP contribution in [0.5, 0.6) is 17.2 Å². The summed E-state index contributed by atoms with van der Waals surface area (Å²) in [5, 5.41) is 5.45. The molecular formula is C22H25N3O7S. The minimum atomic E-state index is -3.86. The van der Waals surface area contributed by atoms with Gasteiger partial charge in [0, 0.05) is 24.8 Å². The molecule has 2 N–H and O–H groups in total. The van der Waals surface area contributed by atoms with Gasteiger partial charge < -0.3 is 24.8 Å². The second-order valence-electron chi connectivity index (χ2n) is 7.76. The molecule has 10 nitrogen and oxygen atoms in total. The predicted octanol–water partition coefficient (Wildman–Crippen LogP) is 2.07. The third kappa shape index (κ3) is 4.74. The molecule has 0 aromatic heterocycles. The van der Waals surface area contributed by atoms with Crippen LogP contribution in [0, 0.1) is 5.92 Å². The van der Waals surface area contributed by atoms with Gasteiger partial charge in [-0.2, -0.15) is 4.31 Å². The third-order valence-electron chi connectivity index (χ3n) is 5.63. The van der Waals surface area contributed by atoms with E-state index in [0.717, 1.165) is 0 Å². The van der Waals surface area contributed by atoms with E-state index in [2.05, 4.69) is 10.6 Å². The van der Waals surface area contributed by atoms with Gasteiger partial charge in [-0.1, -0.05) is 0 Å². The molecule has 2 aliphatic rings. The van der Waals surface area contributed by atoms with Gasteiger partial charge in [-0.25, -0.2) is 8.42 Å². The average Bonchev–Trinajstić information content (AvgIpc) is 2.83. The molecule has 2 aromatic carbocycles. The summed E-state index contributed by atoms with van der Waals surface area (Å²) >= 11 is 0. The van der Waals surface area contributed by atoms with E-state index in [0.29, 0.717) is 48.0 Å². The number of carbonyl (C=O) groups excluding carboxylic acids is 2. The van der Waals surface area contributed by atoms with Gasteiger partial charge in [0.25, 0.3) is 5.91 Å². The first-order valence-corrected chi connectivity index (χ1v) is 11.9. The minimum Gasteiger partial charge on any atom is -0.493 e. The predicted molar refractivity (Wildman–Crippen MR) is 120 cm³/mol. The lowest BCUT2D eigenvalue weighted by Gasteiger charge is -2.31. The van der Waals surface area contributed by atoms with Gasteiger partial charge in [0.2, 0.25) is 15.9 Å². The van der Waals surface area contributed by atoms with Crippen molar-refractivity contribution < 1.29 is 32.2 Å². The zero-order valence-corrected chi connectivity index (χ0v) is 19.1. The number of anilines is 2.